The zero-order valence-electron chi connectivity index (χ0n) is 20.8. The lowest BCUT2D eigenvalue weighted by Gasteiger charge is -2.28. The molecule has 1 aliphatic rings. The Balaban J connectivity index is 1.47. The van der Waals surface area contributed by atoms with Crippen LogP contribution in [0.1, 0.15) is 28.4 Å². The molecule has 0 aliphatic carbocycles. The second-order valence-electron chi connectivity index (χ2n) is 8.57. The number of aryl methyl sites for hydroxylation is 2. The van der Waals surface area contributed by atoms with Crippen LogP contribution in [0.5, 0.6) is 0 Å². The highest BCUT2D eigenvalue weighted by Crippen LogP contribution is 2.33. The largest absolute Gasteiger partial charge is 0.462 e. The molecule has 1 saturated heterocycles. The number of hydrogen-bond donors (Lipinski definition) is 0. The molecule has 7 nitrogen and oxygen atoms in total. The van der Waals surface area contributed by atoms with Gasteiger partial charge in [-0.05, 0) is 92.6 Å². The Labute approximate surface area is 207 Å². The van der Waals surface area contributed by atoms with Crippen LogP contribution >= 0.6 is 0 Å². The number of benzene rings is 3. The molecular weight excluding hydrogens is 440 g/mol. The number of carbonyl (C=O) groups is 1. The molecule has 1 heterocycles. The van der Waals surface area contributed by atoms with Gasteiger partial charge < -0.3 is 19.3 Å². The summed E-state index contributed by atoms with van der Waals surface area (Å²) < 4.78 is 10.5. The zero-order valence-corrected chi connectivity index (χ0v) is 20.8. The normalized spacial score (nSPS) is 13.8. The van der Waals surface area contributed by atoms with Crippen molar-refractivity contribution in [1.29, 1.82) is 0 Å². The van der Waals surface area contributed by atoms with E-state index in [9.17, 15) is 4.79 Å². The number of ether oxygens (including phenoxy) is 2. The van der Waals surface area contributed by atoms with Crippen molar-refractivity contribution in [3.05, 3.63) is 77.4 Å². The third-order valence-corrected chi connectivity index (χ3v) is 6.14. The molecule has 3 aromatic rings. The lowest BCUT2D eigenvalue weighted by molar-refractivity contribution is 0.0526. The van der Waals surface area contributed by atoms with Gasteiger partial charge in [-0.3, -0.25) is 0 Å². The molecule has 7 heteroatoms. The monoisotopic (exact) mass is 472 g/mol. The zero-order chi connectivity index (χ0) is 24.8. The van der Waals surface area contributed by atoms with E-state index >= 15 is 0 Å². The lowest BCUT2D eigenvalue weighted by atomic mass is 10.1. The summed E-state index contributed by atoms with van der Waals surface area (Å²) in [5, 5.41) is 8.99. The Kier molecular flexibility index (Phi) is 7.77. The number of nitrogens with zero attached hydrogens (tertiary/aromatic N) is 4. The highest BCUT2D eigenvalue weighted by Gasteiger charge is 2.13. The van der Waals surface area contributed by atoms with Crippen molar-refractivity contribution < 1.29 is 14.3 Å². The van der Waals surface area contributed by atoms with E-state index in [0.29, 0.717) is 12.2 Å². The lowest BCUT2D eigenvalue weighted by Crippen LogP contribution is -2.36. The minimum atomic E-state index is -0.306. The molecule has 1 aliphatic heterocycles. The van der Waals surface area contributed by atoms with Crippen molar-refractivity contribution >= 4 is 34.4 Å². The number of morpholine rings is 1. The van der Waals surface area contributed by atoms with Crippen LogP contribution in [0.15, 0.2) is 70.9 Å². The maximum Gasteiger partial charge on any atom is 0.338 e. The summed E-state index contributed by atoms with van der Waals surface area (Å²) in [6, 6.07) is 19.8. The van der Waals surface area contributed by atoms with Crippen molar-refractivity contribution in [2.75, 3.05) is 49.8 Å². The molecule has 0 N–H and O–H groups in total. The smallest absolute Gasteiger partial charge is 0.338 e. The molecule has 0 saturated carbocycles. The quantitative estimate of drug-likeness (QED) is 0.290. The molecule has 0 bridgehead atoms. The minimum Gasteiger partial charge on any atom is -0.462 e. The highest BCUT2D eigenvalue weighted by atomic mass is 16.5. The van der Waals surface area contributed by atoms with E-state index in [-0.39, 0.29) is 5.97 Å². The SMILES string of the molecule is CCOC(=O)c1ccc(N(C)c2cc(C)c(N=Nc3ccc(N4CCOCC4)cc3)cc2C)cc1. The standard InChI is InChI=1S/C28H32N4O3/c1-5-35-28(33)22-6-10-24(11-7-22)31(4)27-19-20(2)26(18-21(27)3)30-29-23-8-12-25(13-9-23)32-14-16-34-17-15-32/h6-13,18-19H,5,14-17H2,1-4H3. The van der Waals surface area contributed by atoms with Crippen LogP contribution in [0.4, 0.5) is 28.4 Å². The van der Waals surface area contributed by atoms with E-state index in [1.165, 1.54) is 5.69 Å². The van der Waals surface area contributed by atoms with Crippen molar-refractivity contribution in [2.45, 2.75) is 20.8 Å². The predicted octanol–water partition coefficient (Wildman–Crippen LogP) is 6.50. The summed E-state index contributed by atoms with van der Waals surface area (Å²) in [6.07, 6.45) is 0. The van der Waals surface area contributed by atoms with Gasteiger partial charge in [0.25, 0.3) is 0 Å². The number of anilines is 3. The molecule has 35 heavy (non-hydrogen) atoms. The predicted molar refractivity (Wildman–Crippen MR) is 140 cm³/mol. The number of esters is 1. The van der Waals surface area contributed by atoms with Crippen molar-refractivity contribution in [3.63, 3.8) is 0 Å². The highest BCUT2D eigenvalue weighted by molar-refractivity contribution is 5.90. The molecule has 0 atom stereocenters. The number of azo groups is 1. The summed E-state index contributed by atoms with van der Waals surface area (Å²) in [5.41, 5.74) is 7.57. The first-order valence-electron chi connectivity index (χ1n) is 11.9. The molecule has 0 amide bonds. The van der Waals surface area contributed by atoms with Gasteiger partial charge in [0.05, 0.1) is 36.8 Å². The van der Waals surface area contributed by atoms with Gasteiger partial charge >= 0.3 is 5.97 Å². The third kappa shape index (κ3) is 5.87. The third-order valence-electron chi connectivity index (χ3n) is 6.14. The van der Waals surface area contributed by atoms with Crippen LogP contribution < -0.4 is 9.80 Å². The summed E-state index contributed by atoms with van der Waals surface area (Å²) >= 11 is 0. The molecule has 182 valence electrons. The average Bonchev–Trinajstić information content (AvgIpc) is 2.89. The fourth-order valence-corrected chi connectivity index (χ4v) is 4.09. The first-order chi connectivity index (χ1) is 17.0. The summed E-state index contributed by atoms with van der Waals surface area (Å²) in [6.45, 7) is 9.63. The fourth-order valence-electron chi connectivity index (χ4n) is 4.09. The van der Waals surface area contributed by atoms with Gasteiger partial charge in [0.2, 0.25) is 0 Å². The Morgan fingerprint density at radius 2 is 1.66 bits per heavy atom. The van der Waals surface area contributed by atoms with Gasteiger partial charge in [0, 0.05) is 37.2 Å². The van der Waals surface area contributed by atoms with Gasteiger partial charge in [-0.15, -0.1) is 0 Å². The van der Waals surface area contributed by atoms with E-state index in [1.54, 1.807) is 19.1 Å². The van der Waals surface area contributed by atoms with Crippen LogP contribution in [0, 0.1) is 13.8 Å². The minimum absolute atomic E-state index is 0.306. The topological polar surface area (TPSA) is 66.7 Å². The van der Waals surface area contributed by atoms with Crippen molar-refractivity contribution in [2.24, 2.45) is 10.2 Å². The molecule has 0 aromatic heterocycles. The number of rotatable bonds is 7. The first-order valence-corrected chi connectivity index (χ1v) is 11.9. The van der Waals surface area contributed by atoms with E-state index in [1.807, 2.05) is 38.2 Å². The van der Waals surface area contributed by atoms with E-state index in [2.05, 4.69) is 51.2 Å². The Morgan fingerprint density at radius 3 is 2.31 bits per heavy atom. The van der Waals surface area contributed by atoms with Crippen molar-refractivity contribution in [3.8, 4) is 0 Å². The van der Waals surface area contributed by atoms with Crippen LogP contribution in [-0.4, -0.2) is 45.9 Å². The van der Waals surface area contributed by atoms with Gasteiger partial charge in [-0.25, -0.2) is 4.79 Å². The molecule has 4 rings (SSSR count). The van der Waals surface area contributed by atoms with E-state index < -0.39 is 0 Å². The maximum atomic E-state index is 11.9. The summed E-state index contributed by atoms with van der Waals surface area (Å²) in [4.78, 5) is 16.3. The van der Waals surface area contributed by atoms with E-state index in [0.717, 1.165) is 60.2 Å². The van der Waals surface area contributed by atoms with Crippen LogP contribution in [-0.2, 0) is 9.47 Å². The van der Waals surface area contributed by atoms with Gasteiger partial charge in [-0.1, -0.05) is 0 Å². The van der Waals surface area contributed by atoms with Crippen LogP contribution in [0.25, 0.3) is 0 Å². The second-order valence-corrected chi connectivity index (χ2v) is 8.57. The molecule has 0 unspecified atom stereocenters. The maximum absolute atomic E-state index is 11.9. The average molecular weight is 473 g/mol. The number of hydrogen-bond acceptors (Lipinski definition) is 7. The van der Waals surface area contributed by atoms with Gasteiger partial charge in [0.15, 0.2) is 0 Å². The van der Waals surface area contributed by atoms with Crippen LogP contribution in [0.3, 0.4) is 0 Å². The number of carbonyl (C=O) groups excluding carboxylic acids is 1. The van der Waals surface area contributed by atoms with Gasteiger partial charge in [0.1, 0.15) is 0 Å². The molecular formula is C28H32N4O3. The Hall–Kier alpha value is -3.71. The molecule has 1 fully saturated rings. The Morgan fingerprint density at radius 1 is 0.971 bits per heavy atom. The molecule has 3 aromatic carbocycles. The van der Waals surface area contributed by atoms with Crippen molar-refractivity contribution in [1.82, 2.24) is 0 Å². The van der Waals surface area contributed by atoms with E-state index in [4.69, 9.17) is 9.47 Å². The first kappa shape index (κ1) is 24.4. The van der Waals surface area contributed by atoms with Crippen LogP contribution in [0.2, 0.25) is 0 Å². The fraction of sp³-hybridized carbons (Fsp3) is 0.321. The summed E-state index contributed by atoms with van der Waals surface area (Å²) in [5.74, 6) is -0.306. The van der Waals surface area contributed by atoms with Gasteiger partial charge in [-0.2, -0.15) is 10.2 Å². The Bertz CT molecular complexity index is 1180. The second kappa shape index (κ2) is 11.1. The molecule has 0 spiro atoms. The summed E-state index contributed by atoms with van der Waals surface area (Å²) in [7, 11) is 2.01. The molecule has 0 radical (unpaired) electrons.